The molecule has 0 unspecified atom stereocenters. The van der Waals surface area contributed by atoms with E-state index in [1.54, 1.807) is 6.08 Å². The minimum Gasteiger partial charge on any atom is -0.464 e. The van der Waals surface area contributed by atoms with Gasteiger partial charge >= 0.3 is 6.09 Å². The Kier molecular flexibility index (Phi) is 3.76. The van der Waals surface area contributed by atoms with Crippen LogP contribution in [0.4, 0.5) is 4.79 Å². The summed E-state index contributed by atoms with van der Waals surface area (Å²) in [7, 11) is 0. The van der Waals surface area contributed by atoms with Crippen molar-refractivity contribution < 1.29 is 9.90 Å². The van der Waals surface area contributed by atoms with Gasteiger partial charge in [-0.1, -0.05) is 12.5 Å². The van der Waals surface area contributed by atoms with Crippen LogP contribution in [0.5, 0.6) is 0 Å². The van der Waals surface area contributed by atoms with Gasteiger partial charge in [-0.15, -0.1) is 6.58 Å². The highest BCUT2D eigenvalue weighted by Crippen LogP contribution is 2.11. The van der Waals surface area contributed by atoms with Crippen molar-refractivity contribution in [2.75, 3.05) is 19.6 Å². The molecule has 0 bridgehead atoms. The Morgan fingerprint density at radius 2 is 2.08 bits per heavy atom. The van der Waals surface area contributed by atoms with Gasteiger partial charge in [0.25, 0.3) is 0 Å². The quantitative estimate of drug-likeness (QED) is 0.677. The van der Waals surface area contributed by atoms with Crippen molar-refractivity contribution in [2.24, 2.45) is 0 Å². The highest BCUT2D eigenvalue weighted by Gasteiger charge is 2.20. The first-order chi connectivity index (χ1) is 6.25. The molecule has 74 valence electrons. The van der Waals surface area contributed by atoms with Crippen LogP contribution in [0, 0.1) is 0 Å². The van der Waals surface area contributed by atoms with Crippen molar-refractivity contribution in [3.05, 3.63) is 12.7 Å². The van der Waals surface area contributed by atoms with Gasteiger partial charge in [-0.05, 0) is 12.8 Å². The largest absolute Gasteiger partial charge is 0.464 e. The molecular formula is C9H16N2O2. The Hall–Kier alpha value is -1.03. The maximum atomic E-state index is 10.8. The fourth-order valence-electron chi connectivity index (χ4n) is 1.56. The number of piperidine rings is 1. The van der Waals surface area contributed by atoms with Gasteiger partial charge < -0.3 is 5.11 Å². The molecular weight excluding hydrogens is 168 g/mol. The number of nitrogens with zero attached hydrogens (tertiary/aromatic N) is 2. The predicted molar refractivity (Wildman–Crippen MR) is 50.4 cm³/mol. The van der Waals surface area contributed by atoms with Crippen molar-refractivity contribution in [3.63, 3.8) is 0 Å². The first-order valence-corrected chi connectivity index (χ1v) is 4.62. The molecule has 0 spiro atoms. The Labute approximate surface area is 78.4 Å². The second-order valence-corrected chi connectivity index (χ2v) is 3.17. The second kappa shape index (κ2) is 4.87. The monoisotopic (exact) mass is 184 g/mol. The minimum absolute atomic E-state index is 0.384. The van der Waals surface area contributed by atoms with Crippen molar-refractivity contribution in [2.45, 2.75) is 19.3 Å². The van der Waals surface area contributed by atoms with E-state index in [2.05, 4.69) is 6.58 Å². The van der Waals surface area contributed by atoms with E-state index in [1.807, 2.05) is 5.01 Å². The van der Waals surface area contributed by atoms with Crippen LogP contribution in [0.3, 0.4) is 0 Å². The Morgan fingerprint density at radius 3 is 2.54 bits per heavy atom. The molecule has 0 atom stereocenters. The van der Waals surface area contributed by atoms with Gasteiger partial charge in [0.2, 0.25) is 0 Å². The molecule has 1 heterocycles. The average Bonchev–Trinajstić information content (AvgIpc) is 2.15. The van der Waals surface area contributed by atoms with Gasteiger partial charge in [0, 0.05) is 13.1 Å². The zero-order valence-corrected chi connectivity index (χ0v) is 7.78. The van der Waals surface area contributed by atoms with Crippen molar-refractivity contribution in [1.82, 2.24) is 10.0 Å². The highest BCUT2D eigenvalue weighted by atomic mass is 16.4. The number of amides is 1. The van der Waals surface area contributed by atoms with E-state index in [4.69, 9.17) is 5.11 Å². The molecule has 0 saturated carbocycles. The summed E-state index contributed by atoms with van der Waals surface area (Å²) >= 11 is 0. The van der Waals surface area contributed by atoms with E-state index in [0.717, 1.165) is 25.9 Å². The van der Waals surface area contributed by atoms with Gasteiger partial charge in [-0.3, -0.25) is 0 Å². The third-order valence-electron chi connectivity index (χ3n) is 2.20. The van der Waals surface area contributed by atoms with Crippen molar-refractivity contribution in [3.8, 4) is 0 Å². The summed E-state index contributed by atoms with van der Waals surface area (Å²) in [5.74, 6) is 0. The summed E-state index contributed by atoms with van der Waals surface area (Å²) in [6, 6.07) is 0. The number of carbonyl (C=O) groups is 1. The number of hydrogen-bond donors (Lipinski definition) is 1. The molecule has 0 aromatic heterocycles. The molecule has 1 N–H and O–H groups in total. The normalized spacial score (nSPS) is 18.2. The average molecular weight is 184 g/mol. The van der Waals surface area contributed by atoms with Crippen LogP contribution >= 0.6 is 0 Å². The van der Waals surface area contributed by atoms with Crippen molar-refractivity contribution >= 4 is 6.09 Å². The lowest BCUT2D eigenvalue weighted by Crippen LogP contribution is -2.48. The van der Waals surface area contributed by atoms with E-state index in [0.29, 0.717) is 6.54 Å². The van der Waals surface area contributed by atoms with Crippen molar-refractivity contribution in [1.29, 1.82) is 0 Å². The Balaban J connectivity index is 2.51. The molecule has 1 saturated heterocycles. The lowest BCUT2D eigenvalue weighted by atomic mass is 10.2. The number of hydrogen-bond acceptors (Lipinski definition) is 2. The minimum atomic E-state index is -0.887. The lowest BCUT2D eigenvalue weighted by molar-refractivity contribution is -0.0138. The van der Waals surface area contributed by atoms with E-state index < -0.39 is 6.09 Å². The molecule has 13 heavy (non-hydrogen) atoms. The molecule has 1 amide bonds. The molecule has 1 aliphatic rings. The van der Waals surface area contributed by atoms with Gasteiger partial charge in [0.15, 0.2) is 0 Å². The van der Waals surface area contributed by atoms with E-state index in [1.165, 1.54) is 11.4 Å². The predicted octanol–water partition coefficient (Wildman–Crippen LogP) is 1.55. The number of carboxylic acid groups (broad SMARTS) is 1. The van der Waals surface area contributed by atoms with E-state index in [9.17, 15) is 4.79 Å². The van der Waals surface area contributed by atoms with Gasteiger partial charge in [0.1, 0.15) is 0 Å². The van der Waals surface area contributed by atoms with Gasteiger partial charge in [-0.25, -0.2) is 14.8 Å². The van der Waals surface area contributed by atoms with Crippen LogP contribution in [0.1, 0.15) is 19.3 Å². The summed E-state index contributed by atoms with van der Waals surface area (Å²) in [6.07, 6.45) is 4.10. The standard InChI is InChI=1S/C9H16N2O2/c1-2-6-11(9(12)13)10-7-4-3-5-8-10/h2H,1,3-8H2,(H,12,13). The fraction of sp³-hybridized carbons (Fsp3) is 0.667. The number of hydrazine groups is 1. The van der Waals surface area contributed by atoms with E-state index >= 15 is 0 Å². The molecule has 4 nitrogen and oxygen atoms in total. The topological polar surface area (TPSA) is 43.8 Å². The molecule has 0 aliphatic carbocycles. The van der Waals surface area contributed by atoms with E-state index in [-0.39, 0.29) is 0 Å². The summed E-state index contributed by atoms with van der Waals surface area (Å²) in [5.41, 5.74) is 0. The summed E-state index contributed by atoms with van der Waals surface area (Å²) in [6.45, 7) is 5.63. The van der Waals surface area contributed by atoms with Crippen LogP contribution in [0.15, 0.2) is 12.7 Å². The van der Waals surface area contributed by atoms with Gasteiger partial charge in [0.05, 0.1) is 6.54 Å². The Bertz CT molecular complexity index is 188. The maximum Gasteiger partial charge on any atom is 0.422 e. The molecule has 0 aromatic rings. The summed E-state index contributed by atoms with van der Waals surface area (Å²) in [5, 5.41) is 12.1. The SMILES string of the molecule is C=CCN(C(=O)O)N1CCCCC1. The van der Waals surface area contributed by atoms with Crippen LogP contribution < -0.4 is 0 Å². The maximum absolute atomic E-state index is 10.8. The third-order valence-corrected chi connectivity index (χ3v) is 2.20. The fourth-order valence-corrected chi connectivity index (χ4v) is 1.56. The molecule has 4 heteroatoms. The Morgan fingerprint density at radius 1 is 1.46 bits per heavy atom. The highest BCUT2D eigenvalue weighted by molar-refractivity contribution is 5.64. The van der Waals surface area contributed by atoms with Crippen LogP contribution in [-0.4, -0.2) is 40.9 Å². The summed E-state index contributed by atoms with van der Waals surface area (Å²) in [4.78, 5) is 10.8. The molecule has 0 radical (unpaired) electrons. The van der Waals surface area contributed by atoms with Gasteiger partial charge in [-0.2, -0.15) is 0 Å². The smallest absolute Gasteiger partial charge is 0.422 e. The van der Waals surface area contributed by atoms with Crippen LogP contribution in [0.25, 0.3) is 0 Å². The zero-order valence-electron chi connectivity index (χ0n) is 7.78. The first kappa shape index (κ1) is 10.1. The molecule has 1 rings (SSSR count). The number of rotatable bonds is 3. The lowest BCUT2D eigenvalue weighted by Gasteiger charge is -2.34. The molecule has 1 aliphatic heterocycles. The summed E-state index contributed by atoms with van der Waals surface area (Å²) < 4.78 is 0. The molecule has 1 fully saturated rings. The van der Waals surface area contributed by atoms with Crippen LogP contribution in [-0.2, 0) is 0 Å². The van der Waals surface area contributed by atoms with Crippen LogP contribution in [0.2, 0.25) is 0 Å². The second-order valence-electron chi connectivity index (χ2n) is 3.17. The first-order valence-electron chi connectivity index (χ1n) is 4.62. The molecule has 0 aromatic carbocycles. The third kappa shape index (κ3) is 2.73. The zero-order chi connectivity index (χ0) is 9.68.